The lowest BCUT2D eigenvalue weighted by Crippen LogP contribution is -2.25. The monoisotopic (exact) mass is 258 g/mol. The van der Waals surface area contributed by atoms with Gasteiger partial charge in [0.2, 0.25) is 5.91 Å². The third kappa shape index (κ3) is 11.9. The van der Waals surface area contributed by atoms with Gasteiger partial charge in [-0.05, 0) is 32.2 Å². The number of unbranched alkanes of at least 4 members (excludes halogenated alkanes) is 3. The van der Waals surface area contributed by atoms with Crippen LogP contribution in [0.5, 0.6) is 0 Å². The molecule has 4 heteroatoms. The molecule has 0 saturated carbocycles. The molecule has 108 valence electrons. The van der Waals surface area contributed by atoms with Crippen molar-refractivity contribution in [3.63, 3.8) is 0 Å². The number of amides is 1. The summed E-state index contributed by atoms with van der Waals surface area (Å²) in [6, 6.07) is 0. The normalized spacial score (nSPS) is 12.4. The van der Waals surface area contributed by atoms with Crippen LogP contribution in [0.15, 0.2) is 0 Å². The van der Waals surface area contributed by atoms with Gasteiger partial charge in [0, 0.05) is 13.0 Å². The third-order valence-electron chi connectivity index (χ3n) is 3.04. The molecule has 4 nitrogen and oxygen atoms in total. The molecule has 0 heterocycles. The molecule has 0 fully saturated rings. The number of nitrogens with one attached hydrogen (secondary N) is 1. The van der Waals surface area contributed by atoms with Crippen LogP contribution in [0.1, 0.15) is 64.7 Å². The fourth-order valence-electron chi connectivity index (χ4n) is 1.87. The number of hydrogen-bond donors (Lipinski definition) is 3. The molecule has 0 aromatic heterocycles. The summed E-state index contributed by atoms with van der Waals surface area (Å²) in [5, 5.41) is 12.5. The van der Waals surface area contributed by atoms with Crippen molar-refractivity contribution in [2.24, 2.45) is 5.73 Å². The van der Waals surface area contributed by atoms with Crippen molar-refractivity contribution in [2.45, 2.75) is 70.8 Å². The molecule has 0 aliphatic rings. The van der Waals surface area contributed by atoms with E-state index in [-0.39, 0.29) is 12.0 Å². The topological polar surface area (TPSA) is 75.3 Å². The summed E-state index contributed by atoms with van der Waals surface area (Å²) >= 11 is 0. The molecule has 0 saturated heterocycles. The Bertz CT molecular complexity index is 198. The first-order valence-corrected chi connectivity index (χ1v) is 7.35. The Morgan fingerprint density at radius 1 is 1.17 bits per heavy atom. The molecule has 0 aromatic rings. The van der Waals surface area contributed by atoms with Gasteiger partial charge in [-0.2, -0.15) is 0 Å². The zero-order valence-corrected chi connectivity index (χ0v) is 11.8. The van der Waals surface area contributed by atoms with E-state index in [0.29, 0.717) is 19.5 Å². The molecule has 0 rings (SSSR count). The molecular formula is C14H30N2O2. The van der Waals surface area contributed by atoms with E-state index in [4.69, 9.17) is 5.73 Å². The largest absolute Gasteiger partial charge is 0.393 e. The SMILES string of the molecule is CCCCCCC(O)CCCC(=O)NCCCN. The average molecular weight is 258 g/mol. The number of carbonyl (C=O) groups is 1. The summed E-state index contributed by atoms with van der Waals surface area (Å²) in [7, 11) is 0. The fraction of sp³-hybridized carbons (Fsp3) is 0.929. The van der Waals surface area contributed by atoms with Crippen LogP contribution in [-0.2, 0) is 4.79 Å². The smallest absolute Gasteiger partial charge is 0.219 e. The van der Waals surface area contributed by atoms with Crippen LogP contribution in [0, 0.1) is 0 Å². The number of carbonyl (C=O) groups excluding carboxylic acids is 1. The van der Waals surface area contributed by atoms with E-state index in [0.717, 1.165) is 32.1 Å². The van der Waals surface area contributed by atoms with Gasteiger partial charge in [0.1, 0.15) is 0 Å². The van der Waals surface area contributed by atoms with Gasteiger partial charge in [0.05, 0.1) is 6.10 Å². The Morgan fingerprint density at radius 3 is 2.56 bits per heavy atom. The zero-order chi connectivity index (χ0) is 13.6. The van der Waals surface area contributed by atoms with Gasteiger partial charge >= 0.3 is 0 Å². The molecule has 0 aromatic carbocycles. The number of rotatable bonds is 12. The molecule has 1 atom stereocenters. The van der Waals surface area contributed by atoms with E-state index in [1.165, 1.54) is 19.3 Å². The molecular weight excluding hydrogens is 228 g/mol. The highest BCUT2D eigenvalue weighted by Crippen LogP contribution is 2.10. The molecule has 0 aliphatic heterocycles. The number of nitrogens with two attached hydrogens (primary N) is 1. The third-order valence-corrected chi connectivity index (χ3v) is 3.04. The minimum atomic E-state index is -0.237. The van der Waals surface area contributed by atoms with Crippen molar-refractivity contribution in [3.05, 3.63) is 0 Å². The van der Waals surface area contributed by atoms with E-state index >= 15 is 0 Å². The molecule has 0 radical (unpaired) electrons. The van der Waals surface area contributed by atoms with Gasteiger partial charge in [0.15, 0.2) is 0 Å². The van der Waals surface area contributed by atoms with Crippen LogP contribution in [0.25, 0.3) is 0 Å². The van der Waals surface area contributed by atoms with Gasteiger partial charge in [-0.3, -0.25) is 4.79 Å². The second-order valence-corrected chi connectivity index (χ2v) is 4.89. The Hall–Kier alpha value is -0.610. The predicted molar refractivity (Wildman–Crippen MR) is 75.3 cm³/mol. The average Bonchev–Trinajstić information content (AvgIpc) is 2.35. The van der Waals surface area contributed by atoms with Gasteiger partial charge in [-0.25, -0.2) is 0 Å². The maximum atomic E-state index is 11.4. The van der Waals surface area contributed by atoms with Crippen molar-refractivity contribution in [3.8, 4) is 0 Å². The van der Waals surface area contributed by atoms with Crippen LogP contribution < -0.4 is 11.1 Å². The second-order valence-electron chi connectivity index (χ2n) is 4.89. The summed E-state index contributed by atoms with van der Waals surface area (Å²) in [4.78, 5) is 11.4. The van der Waals surface area contributed by atoms with Crippen molar-refractivity contribution >= 4 is 5.91 Å². The first kappa shape index (κ1) is 17.4. The Labute approximate surface area is 111 Å². The van der Waals surface area contributed by atoms with Crippen LogP contribution in [0.2, 0.25) is 0 Å². The van der Waals surface area contributed by atoms with E-state index < -0.39 is 0 Å². The van der Waals surface area contributed by atoms with Crippen LogP contribution in [0.4, 0.5) is 0 Å². The maximum absolute atomic E-state index is 11.4. The molecule has 18 heavy (non-hydrogen) atoms. The molecule has 1 unspecified atom stereocenters. The summed E-state index contributed by atoms with van der Waals surface area (Å²) in [5.74, 6) is 0.0710. The molecule has 0 aliphatic carbocycles. The first-order valence-electron chi connectivity index (χ1n) is 7.35. The molecule has 4 N–H and O–H groups in total. The Balaban J connectivity index is 3.32. The summed E-state index contributed by atoms with van der Waals surface area (Å²) in [5.41, 5.74) is 5.34. The highest BCUT2D eigenvalue weighted by molar-refractivity contribution is 5.75. The quantitative estimate of drug-likeness (QED) is 0.468. The highest BCUT2D eigenvalue weighted by Gasteiger charge is 2.06. The van der Waals surface area contributed by atoms with Gasteiger partial charge in [-0.15, -0.1) is 0 Å². The van der Waals surface area contributed by atoms with Crippen LogP contribution in [-0.4, -0.2) is 30.2 Å². The van der Waals surface area contributed by atoms with E-state index in [1.54, 1.807) is 0 Å². The summed E-state index contributed by atoms with van der Waals surface area (Å²) in [6.45, 7) is 3.45. The van der Waals surface area contributed by atoms with Crippen LogP contribution >= 0.6 is 0 Å². The molecule has 0 bridgehead atoms. The van der Waals surface area contributed by atoms with Crippen LogP contribution in [0.3, 0.4) is 0 Å². The van der Waals surface area contributed by atoms with Gasteiger partial charge < -0.3 is 16.2 Å². The first-order chi connectivity index (χ1) is 8.70. The highest BCUT2D eigenvalue weighted by atomic mass is 16.3. The lowest BCUT2D eigenvalue weighted by Gasteiger charge is -2.10. The standard InChI is InChI=1S/C14H30N2O2/c1-2-3-4-5-8-13(17)9-6-10-14(18)16-12-7-11-15/h13,17H,2-12,15H2,1H3,(H,16,18). The Kier molecular flexibility index (Phi) is 12.4. The van der Waals surface area contributed by atoms with E-state index in [9.17, 15) is 9.90 Å². The fourth-order valence-corrected chi connectivity index (χ4v) is 1.87. The van der Waals surface area contributed by atoms with Crippen molar-refractivity contribution < 1.29 is 9.90 Å². The summed E-state index contributed by atoms with van der Waals surface area (Å²) in [6.07, 6.45) is 8.23. The number of hydrogen-bond acceptors (Lipinski definition) is 3. The molecule has 1 amide bonds. The maximum Gasteiger partial charge on any atom is 0.219 e. The number of aliphatic hydroxyl groups excluding tert-OH is 1. The predicted octanol–water partition coefficient (Wildman–Crippen LogP) is 1.95. The Morgan fingerprint density at radius 2 is 1.89 bits per heavy atom. The van der Waals surface area contributed by atoms with E-state index in [1.807, 2.05) is 0 Å². The minimum Gasteiger partial charge on any atom is -0.393 e. The van der Waals surface area contributed by atoms with Crippen molar-refractivity contribution in [1.82, 2.24) is 5.32 Å². The van der Waals surface area contributed by atoms with Gasteiger partial charge in [0.25, 0.3) is 0 Å². The molecule has 0 spiro atoms. The second kappa shape index (κ2) is 12.8. The number of aliphatic hydroxyl groups is 1. The summed E-state index contributed by atoms with van der Waals surface area (Å²) < 4.78 is 0. The van der Waals surface area contributed by atoms with Crippen molar-refractivity contribution in [2.75, 3.05) is 13.1 Å². The van der Waals surface area contributed by atoms with Crippen molar-refractivity contribution in [1.29, 1.82) is 0 Å². The van der Waals surface area contributed by atoms with E-state index in [2.05, 4.69) is 12.2 Å². The lowest BCUT2D eigenvalue weighted by molar-refractivity contribution is -0.121. The lowest BCUT2D eigenvalue weighted by atomic mass is 10.0. The zero-order valence-electron chi connectivity index (χ0n) is 11.8. The minimum absolute atomic E-state index is 0.0710. The van der Waals surface area contributed by atoms with Gasteiger partial charge in [-0.1, -0.05) is 32.6 Å².